The summed E-state index contributed by atoms with van der Waals surface area (Å²) in [5.41, 5.74) is -0.430. The molecule has 1 aliphatic rings. The van der Waals surface area contributed by atoms with Gasteiger partial charge in [-0.2, -0.15) is 0 Å². The van der Waals surface area contributed by atoms with Crippen LogP contribution >= 0.6 is 0 Å². The second-order valence-electron chi connectivity index (χ2n) is 5.99. The Bertz CT molecular complexity index is 802. The van der Waals surface area contributed by atoms with Crippen molar-refractivity contribution in [1.82, 2.24) is 9.97 Å². The summed E-state index contributed by atoms with van der Waals surface area (Å²) in [5, 5.41) is 0. The van der Waals surface area contributed by atoms with Crippen LogP contribution in [0.1, 0.15) is 23.2 Å². The molecular weight excluding hydrogens is 344 g/mol. The maximum absolute atomic E-state index is 13.6. The topological polar surface area (TPSA) is 72.4 Å². The Morgan fingerprint density at radius 2 is 2.00 bits per heavy atom. The number of rotatable bonds is 5. The zero-order chi connectivity index (χ0) is 18.5. The van der Waals surface area contributed by atoms with E-state index in [2.05, 4.69) is 9.97 Å². The van der Waals surface area contributed by atoms with Gasteiger partial charge in [0, 0.05) is 25.5 Å². The Hall–Kier alpha value is -2.90. The van der Waals surface area contributed by atoms with Gasteiger partial charge < -0.3 is 9.64 Å². The van der Waals surface area contributed by atoms with E-state index in [4.69, 9.17) is 4.74 Å². The average Bonchev–Trinajstić information content (AvgIpc) is 2.68. The van der Waals surface area contributed by atoms with E-state index in [9.17, 15) is 18.4 Å². The van der Waals surface area contributed by atoms with Gasteiger partial charge >= 0.3 is 5.97 Å². The van der Waals surface area contributed by atoms with Crippen LogP contribution in [0.15, 0.2) is 36.7 Å². The molecule has 8 heteroatoms. The van der Waals surface area contributed by atoms with Crippen molar-refractivity contribution in [2.45, 2.75) is 12.8 Å². The molecule has 1 atom stereocenters. The van der Waals surface area contributed by atoms with Gasteiger partial charge in [0.2, 0.25) is 11.7 Å². The second kappa shape index (κ2) is 7.99. The summed E-state index contributed by atoms with van der Waals surface area (Å²) in [6.07, 6.45) is 4.61. The van der Waals surface area contributed by atoms with Gasteiger partial charge in [-0.05, 0) is 37.1 Å². The third-order valence-electron chi connectivity index (χ3n) is 4.16. The maximum atomic E-state index is 13.6. The molecule has 6 nitrogen and oxygen atoms in total. The maximum Gasteiger partial charge on any atom is 0.311 e. The number of piperidine rings is 1. The van der Waals surface area contributed by atoms with E-state index >= 15 is 0 Å². The number of carbonyl (C=O) groups excluding carboxylic acids is 2. The highest BCUT2D eigenvalue weighted by molar-refractivity contribution is 5.98. The summed E-state index contributed by atoms with van der Waals surface area (Å²) in [5.74, 6) is -2.81. The summed E-state index contributed by atoms with van der Waals surface area (Å²) in [7, 11) is 0. The quantitative estimate of drug-likeness (QED) is 0.602. The molecule has 1 aliphatic heterocycles. The van der Waals surface area contributed by atoms with Crippen LogP contribution in [0.3, 0.4) is 0 Å². The molecule has 2 heterocycles. The zero-order valence-electron chi connectivity index (χ0n) is 13.9. The number of carbonyl (C=O) groups is 2. The van der Waals surface area contributed by atoms with E-state index in [0.717, 1.165) is 31.2 Å². The first kappa shape index (κ1) is 17.9. The SMILES string of the molecule is O=C(COC(=O)[C@@H]1CCCN(c2ncccn2)C1)c1cc(F)ccc1F. The Kier molecular flexibility index (Phi) is 5.50. The van der Waals surface area contributed by atoms with E-state index < -0.39 is 41.5 Å². The van der Waals surface area contributed by atoms with Crippen molar-refractivity contribution in [3.05, 3.63) is 53.9 Å². The van der Waals surface area contributed by atoms with Crippen molar-refractivity contribution >= 4 is 17.7 Å². The Morgan fingerprint density at radius 1 is 1.23 bits per heavy atom. The molecule has 0 unspecified atom stereocenters. The van der Waals surface area contributed by atoms with Crippen molar-refractivity contribution in [2.75, 3.05) is 24.6 Å². The number of nitrogens with zero attached hydrogens (tertiary/aromatic N) is 3. The molecule has 136 valence electrons. The molecule has 0 amide bonds. The lowest BCUT2D eigenvalue weighted by Crippen LogP contribution is -2.40. The molecule has 3 rings (SSSR count). The van der Waals surface area contributed by atoms with Crippen molar-refractivity contribution in [1.29, 1.82) is 0 Å². The lowest BCUT2D eigenvalue weighted by molar-refractivity contribution is -0.147. The molecule has 0 radical (unpaired) electrons. The van der Waals surface area contributed by atoms with Gasteiger partial charge in [-0.25, -0.2) is 18.7 Å². The van der Waals surface area contributed by atoms with Gasteiger partial charge in [0.25, 0.3) is 0 Å². The van der Waals surface area contributed by atoms with E-state index in [0.29, 0.717) is 18.9 Å². The monoisotopic (exact) mass is 361 g/mol. The van der Waals surface area contributed by atoms with Crippen molar-refractivity contribution in [3.63, 3.8) is 0 Å². The van der Waals surface area contributed by atoms with E-state index in [1.165, 1.54) is 0 Å². The van der Waals surface area contributed by atoms with Gasteiger partial charge in [0.15, 0.2) is 6.61 Å². The highest BCUT2D eigenvalue weighted by Gasteiger charge is 2.29. The zero-order valence-corrected chi connectivity index (χ0v) is 13.9. The van der Waals surface area contributed by atoms with Crippen LogP contribution in [-0.4, -0.2) is 41.4 Å². The number of esters is 1. The minimum Gasteiger partial charge on any atom is -0.457 e. The smallest absolute Gasteiger partial charge is 0.311 e. The van der Waals surface area contributed by atoms with Gasteiger partial charge in [-0.1, -0.05) is 0 Å². The Labute approximate surface area is 148 Å². The van der Waals surface area contributed by atoms with Gasteiger partial charge in [0.05, 0.1) is 11.5 Å². The molecule has 26 heavy (non-hydrogen) atoms. The first-order valence-electron chi connectivity index (χ1n) is 8.21. The van der Waals surface area contributed by atoms with Crippen molar-refractivity contribution in [2.24, 2.45) is 5.92 Å². The molecule has 1 aromatic heterocycles. The van der Waals surface area contributed by atoms with Crippen LogP contribution in [0.25, 0.3) is 0 Å². The Morgan fingerprint density at radius 3 is 2.77 bits per heavy atom. The third kappa shape index (κ3) is 4.19. The normalized spacial score (nSPS) is 17.0. The lowest BCUT2D eigenvalue weighted by atomic mass is 9.98. The summed E-state index contributed by atoms with van der Waals surface area (Å²) < 4.78 is 31.8. The molecule has 1 fully saturated rings. The second-order valence-corrected chi connectivity index (χ2v) is 5.99. The first-order chi connectivity index (χ1) is 12.5. The van der Waals surface area contributed by atoms with Gasteiger partial charge in [-0.15, -0.1) is 0 Å². The standard InChI is InChI=1S/C18H17F2N3O3/c19-13-4-5-15(20)14(9-13)16(24)11-26-17(25)12-3-1-8-23(10-12)18-21-6-2-7-22-18/h2,4-7,9,12H,1,3,8,10-11H2/t12-/m1/s1. The summed E-state index contributed by atoms with van der Waals surface area (Å²) in [6.45, 7) is 0.476. The molecular formula is C18H17F2N3O3. The number of hydrogen-bond donors (Lipinski definition) is 0. The van der Waals surface area contributed by atoms with Crippen LogP contribution < -0.4 is 4.90 Å². The average molecular weight is 361 g/mol. The molecule has 0 spiro atoms. The molecule has 0 aliphatic carbocycles. The lowest BCUT2D eigenvalue weighted by Gasteiger charge is -2.31. The third-order valence-corrected chi connectivity index (χ3v) is 4.16. The van der Waals surface area contributed by atoms with Gasteiger partial charge in [-0.3, -0.25) is 9.59 Å². The van der Waals surface area contributed by atoms with Crippen LogP contribution in [0.2, 0.25) is 0 Å². The number of Topliss-reactive ketones (excluding diaryl/α,β-unsaturated/α-hetero) is 1. The minimum atomic E-state index is -0.850. The molecule has 1 aromatic carbocycles. The molecule has 0 saturated carbocycles. The molecule has 1 saturated heterocycles. The molecule has 2 aromatic rings. The highest BCUT2D eigenvalue weighted by Crippen LogP contribution is 2.21. The van der Waals surface area contributed by atoms with Crippen LogP contribution in [0.5, 0.6) is 0 Å². The van der Waals surface area contributed by atoms with Crippen LogP contribution in [0.4, 0.5) is 14.7 Å². The van der Waals surface area contributed by atoms with E-state index in [-0.39, 0.29) is 0 Å². The van der Waals surface area contributed by atoms with Crippen molar-refractivity contribution in [3.8, 4) is 0 Å². The fourth-order valence-corrected chi connectivity index (χ4v) is 2.85. The Balaban J connectivity index is 1.57. The number of hydrogen-bond acceptors (Lipinski definition) is 6. The fourth-order valence-electron chi connectivity index (χ4n) is 2.85. The van der Waals surface area contributed by atoms with E-state index in [1.54, 1.807) is 18.5 Å². The fraction of sp³-hybridized carbons (Fsp3) is 0.333. The largest absolute Gasteiger partial charge is 0.457 e. The molecule has 0 bridgehead atoms. The van der Waals surface area contributed by atoms with Crippen LogP contribution in [0, 0.1) is 17.6 Å². The van der Waals surface area contributed by atoms with Gasteiger partial charge in [0.1, 0.15) is 11.6 Å². The van der Waals surface area contributed by atoms with Crippen molar-refractivity contribution < 1.29 is 23.1 Å². The summed E-state index contributed by atoms with van der Waals surface area (Å²) in [6, 6.07) is 4.28. The number of aromatic nitrogens is 2. The summed E-state index contributed by atoms with van der Waals surface area (Å²) >= 11 is 0. The number of benzene rings is 1. The summed E-state index contributed by atoms with van der Waals surface area (Å²) in [4.78, 5) is 34.4. The van der Waals surface area contributed by atoms with Crippen LogP contribution in [-0.2, 0) is 9.53 Å². The predicted octanol–water partition coefficient (Wildman–Crippen LogP) is 2.40. The number of halogens is 2. The van der Waals surface area contributed by atoms with E-state index in [1.807, 2.05) is 4.90 Å². The number of anilines is 1. The number of ketones is 1. The minimum absolute atomic E-state index is 0.380. The number of ether oxygens (including phenoxy) is 1. The first-order valence-corrected chi connectivity index (χ1v) is 8.21. The highest BCUT2D eigenvalue weighted by atomic mass is 19.1. The predicted molar refractivity (Wildman–Crippen MR) is 88.6 cm³/mol. The molecule has 0 N–H and O–H groups in total.